The molecule has 53 heavy (non-hydrogen) atoms. The van der Waals surface area contributed by atoms with Gasteiger partial charge in [0.1, 0.15) is 12.7 Å². The number of aliphatic carboxylic acids is 1. The van der Waals surface area contributed by atoms with Gasteiger partial charge in [-0.05, 0) is 32.1 Å². The number of carbonyl (C=O) groups is 3. The number of aliphatic hydroxyl groups excluding tert-OH is 1. The van der Waals surface area contributed by atoms with Crippen LogP contribution in [-0.4, -0.2) is 64.9 Å². The molecule has 0 spiro atoms. The molecule has 4 N–H and O–H groups in total. The highest BCUT2D eigenvalue weighted by Crippen LogP contribution is 2.43. The van der Waals surface area contributed by atoms with Crippen molar-refractivity contribution in [3.8, 4) is 0 Å². The van der Waals surface area contributed by atoms with Crippen molar-refractivity contribution < 1.29 is 47.8 Å². The van der Waals surface area contributed by atoms with E-state index >= 15 is 0 Å². The number of hydrogen-bond acceptors (Lipinski definition) is 8. The zero-order valence-corrected chi connectivity index (χ0v) is 34.5. The number of nitrogens with one attached hydrogen (secondary N) is 1. The molecule has 0 rings (SSSR count). The first-order chi connectivity index (χ1) is 25.6. The summed E-state index contributed by atoms with van der Waals surface area (Å²) in [5, 5.41) is 21.8. The topological polar surface area (TPSA) is 169 Å². The van der Waals surface area contributed by atoms with Crippen LogP contribution in [0.3, 0.4) is 0 Å². The van der Waals surface area contributed by atoms with Crippen LogP contribution in [0.15, 0.2) is 12.2 Å². The normalized spacial score (nSPS) is 13.9. The second kappa shape index (κ2) is 37.2. The largest absolute Gasteiger partial charge is 0.480 e. The van der Waals surface area contributed by atoms with Crippen LogP contribution >= 0.6 is 7.82 Å². The van der Waals surface area contributed by atoms with E-state index < -0.39 is 57.6 Å². The first-order valence-corrected chi connectivity index (χ1v) is 22.7. The minimum absolute atomic E-state index is 0.151. The van der Waals surface area contributed by atoms with Crippen LogP contribution < -0.4 is 5.32 Å². The fraction of sp³-hybridized carbons (Fsp3) is 0.878. The average Bonchev–Trinajstić information content (AvgIpc) is 3.13. The molecule has 0 aromatic carbocycles. The standard InChI is InChI=1S/C41H78NO10P/c1-3-5-7-9-11-13-15-16-17-18-19-20-21-22-23-24-26-28-30-32-39(44)42-38(41(46)47)36-52-53(48,49)51-35-37(43)34-50-40(45)33-31-29-27-25-14-12-10-8-6-4-2/h8,10,37-38,43H,3-7,9,11-36H2,1-2H3,(H,42,44)(H,46,47)(H,48,49)/b10-8-. The number of phosphoric acid groups is 1. The van der Waals surface area contributed by atoms with Crippen molar-refractivity contribution >= 4 is 25.7 Å². The van der Waals surface area contributed by atoms with Gasteiger partial charge in [-0.2, -0.15) is 0 Å². The van der Waals surface area contributed by atoms with E-state index in [2.05, 4.69) is 31.3 Å². The Labute approximate surface area is 322 Å². The minimum atomic E-state index is -4.75. The number of carbonyl (C=O) groups excluding carboxylic acids is 2. The number of rotatable bonds is 40. The molecule has 3 atom stereocenters. The Bertz CT molecular complexity index is 963. The Morgan fingerprint density at radius 3 is 1.51 bits per heavy atom. The third-order valence-corrected chi connectivity index (χ3v) is 10.2. The summed E-state index contributed by atoms with van der Waals surface area (Å²) < 4.78 is 26.7. The van der Waals surface area contributed by atoms with Crippen molar-refractivity contribution in [2.45, 2.75) is 212 Å². The fourth-order valence-corrected chi connectivity index (χ4v) is 6.74. The highest BCUT2D eigenvalue weighted by Gasteiger charge is 2.28. The number of hydrogen-bond donors (Lipinski definition) is 4. The van der Waals surface area contributed by atoms with E-state index in [-0.39, 0.29) is 12.8 Å². The molecule has 0 heterocycles. The summed E-state index contributed by atoms with van der Waals surface area (Å²) in [5.41, 5.74) is 0. The Balaban J connectivity index is 3.87. The minimum Gasteiger partial charge on any atom is -0.480 e. The summed E-state index contributed by atoms with van der Waals surface area (Å²) in [6, 6.07) is -1.54. The number of aliphatic hydroxyl groups is 1. The molecule has 0 aromatic heterocycles. The van der Waals surface area contributed by atoms with E-state index in [1.165, 1.54) is 96.3 Å². The van der Waals surface area contributed by atoms with Crippen LogP contribution in [0, 0.1) is 0 Å². The lowest BCUT2D eigenvalue weighted by atomic mass is 10.0. The second-order valence-corrected chi connectivity index (χ2v) is 16.0. The number of esters is 1. The maximum atomic E-state index is 12.3. The molecule has 0 aromatic rings. The van der Waals surface area contributed by atoms with Gasteiger partial charge in [0.25, 0.3) is 0 Å². The van der Waals surface area contributed by atoms with E-state index in [4.69, 9.17) is 13.8 Å². The predicted octanol–water partition coefficient (Wildman–Crippen LogP) is 10.5. The van der Waals surface area contributed by atoms with Crippen LogP contribution in [0.1, 0.15) is 200 Å². The van der Waals surface area contributed by atoms with Gasteiger partial charge in [-0.15, -0.1) is 0 Å². The number of carboxylic acids is 1. The van der Waals surface area contributed by atoms with Crippen molar-refractivity contribution in [1.82, 2.24) is 5.32 Å². The number of allylic oxidation sites excluding steroid dienone is 2. The molecule has 1 amide bonds. The Morgan fingerprint density at radius 1 is 0.585 bits per heavy atom. The average molecular weight is 776 g/mol. The van der Waals surface area contributed by atoms with E-state index in [0.29, 0.717) is 12.8 Å². The van der Waals surface area contributed by atoms with Gasteiger partial charge < -0.3 is 25.2 Å². The van der Waals surface area contributed by atoms with Crippen molar-refractivity contribution in [3.05, 3.63) is 12.2 Å². The molecule has 0 radical (unpaired) electrons. The lowest BCUT2D eigenvalue weighted by molar-refractivity contribution is -0.147. The third kappa shape index (κ3) is 36.9. The summed E-state index contributed by atoms with van der Waals surface area (Å²) in [5.74, 6) is -2.37. The molecule has 11 nitrogen and oxygen atoms in total. The predicted molar refractivity (Wildman–Crippen MR) is 213 cm³/mol. The van der Waals surface area contributed by atoms with Crippen LogP contribution in [-0.2, 0) is 32.7 Å². The monoisotopic (exact) mass is 776 g/mol. The first kappa shape index (κ1) is 51.2. The van der Waals surface area contributed by atoms with E-state index in [1.807, 2.05) is 0 Å². The lowest BCUT2D eigenvalue weighted by Gasteiger charge is -2.18. The molecule has 0 saturated heterocycles. The first-order valence-electron chi connectivity index (χ1n) is 21.2. The van der Waals surface area contributed by atoms with Crippen molar-refractivity contribution in [1.29, 1.82) is 0 Å². The van der Waals surface area contributed by atoms with E-state index in [1.54, 1.807) is 0 Å². The summed E-state index contributed by atoms with van der Waals surface area (Å²) in [6.07, 6.45) is 35.3. The summed E-state index contributed by atoms with van der Waals surface area (Å²) in [7, 11) is -4.75. The highest BCUT2D eigenvalue weighted by molar-refractivity contribution is 7.47. The molecule has 312 valence electrons. The number of amides is 1. The molecule has 0 fully saturated rings. The van der Waals surface area contributed by atoms with Crippen molar-refractivity contribution in [3.63, 3.8) is 0 Å². The second-order valence-electron chi connectivity index (χ2n) is 14.5. The lowest BCUT2D eigenvalue weighted by Crippen LogP contribution is -2.43. The maximum Gasteiger partial charge on any atom is 0.472 e. The van der Waals surface area contributed by atoms with E-state index in [0.717, 1.165) is 64.2 Å². The van der Waals surface area contributed by atoms with Crippen molar-refractivity contribution in [2.75, 3.05) is 19.8 Å². The molecular weight excluding hydrogens is 697 g/mol. The van der Waals surface area contributed by atoms with Gasteiger partial charge in [-0.1, -0.05) is 167 Å². The van der Waals surface area contributed by atoms with Crippen LogP contribution in [0.5, 0.6) is 0 Å². The highest BCUT2D eigenvalue weighted by atomic mass is 31.2. The van der Waals surface area contributed by atoms with E-state index in [9.17, 15) is 34.1 Å². The number of ether oxygens (including phenoxy) is 1. The molecule has 0 bridgehead atoms. The Hall–Kier alpha value is -1.78. The van der Waals surface area contributed by atoms with Gasteiger partial charge >= 0.3 is 19.8 Å². The number of phosphoric ester groups is 1. The van der Waals surface area contributed by atoms with Gasteiger partial charge in [0.2, 0.25) is 5.91 Å². The molecule has 0 aliphatic heterocycles. The molecule has 12 heteroatoms. The summed E-state index contributed by atoms with van der Waals surface area (Å²) in [4.78, 5) is 45.8. The zero-order chi connectivity index (χ0) is 39.3. The molecule has 0 aliphatic rings. The molecule has 3 unspecified atom stereocenters. The fourth-order valence-electron chi connectivity index (χ4n) is 5.97. The summed E-state index contributed by atoms with van der Waals surface area (Å²) >= 11 is 0. The number of unbranched alkanes of at least 4 members (excludes halogenated alkanes) is 24. The summed E-state index contributed by atoms with van der Waals surface area (Å²) in [6.45, 7) is 2.53. The molecule has 0 aliphatic carbocycles. The zero-order valence-electron chi connectivity index (χ0n) is 33.6. The maximum absolute atomic E-state index is 12.3. The quantitative estimate of drug-likeness (QED) is 0.0203. The van der Waals surface area contributed by atoms with Gasteiger partial charge in [-0.3, -0.25) is 18.6 Å². The van der Waals surface area contributed by atoms with Gasteiger partial charge in [-0.25, -0.2) is 9.36 Å². The van der Waals surface area contributed by atoms with Gasteiger partial charge in [0.05, 0.1) is 13.2 Å². The van der Waals surface area contributed by atoms with Crippen LogP contribution in [0.25, 0.3) is 0 Å². The van der Waals surface area contributed by atoms with Gasteiger partial charge in [0.15, 0.2) is 6.04 Å². The van der Waals surface area contributed by atoms with Crippen molar-refractivity contribution in [2.24, 2.45) is 0 Å². The number of carboxylic acid groups (broad SMARTS) is 1. The molecule has 0 saturated carbocycles. The smallest absolute Gasteiger partial charge is 0.472 e. The van der Waals surface area contributed by atoms with Crippen LogP contribution in [0.2, 0.25) is 0 Å². The SMILES string of the molecule is CCC/C=C\CCCCCCCC(=O)OCC(O)COP(=O)(O)OCC(NC(=O)CCCCCCCCCCCCCCCCCCCCC)C(=O)O. The Morgan fingerprint density at radius 2 is 1.02 bits per heavy atom. The third-order valence-electron chi connectivity index (χ3n) is 9.29. The van der Waals surface area contributed by atoms with Gasteiger partial charge in [0, 0.05) is 12.8 Å². The van der Waals surface area contributed by atoms with Crippen LogP contribution in [0.4, 0.5) is 0 Å². The molecular formula is C41H78NO10P. The Kier molecular flexibility index (Phi) is 35.9.